The Morgan fingerprint density at radius 2 is 1.87 bits per heavy atom. The summed E-state index contributed by atoms with van der Waals surface area (Å²) in [7, 11) is 0. The minimum Gasteiger partial charge on any atom is -0.392 e. The number of likely N-dealkylation sites (tertiary alicyclic amines) is 1. The maximum Gasteiger partial charge on any atom is 0.275 e. The van der Waals surface area contributed by atoms with Crippen LogP contribution in [0.5, 0.6) is 0 Å². The van der Waals surface area contributed by atoms with E-state index in [1.807, 2.05) is 6.92 Å². The van der Waals surface area contributed by atoms with Gasteiger partial charge in [-0.05, 0) is 32.8 Å². The molecule has 0 spiro atoms. The lowest BCUT2D eigenvalue weighted by molar-refractivity contribution is 0.102. The normalized spacial score (nSPS) is 19.9. The monoisotopic (exact) mass is 641 g/mol. The summed E-state index contributed by atoms with van der Waals surface area (Å²) in [6.07, 6.45) is 7.42. The second-order valence-electron chi connectivity index (χ2n) is 11.3. The maximum atomic E-state index is 14.7. The third kappa shape index (κ3) is 6.22. The number of anilines is 2. The van der Waals surface area contributed by atoms with Gasteiger partial charge in [0.2, 0.25) is 5.95 Å². The fourth-order valence-electron chi connectivity index (χ4n) is 5.80. The molecule has 0 radical (unpaired) electrons. The molecule has 4 atom stereocenters. The van der Waals surface area contributed by atoms with Crippen molar-refractivity contribution in [2.24, 2.45) is 0 Å². The summed E-state index contributed by atoms with van der Waals surface area (Å²) in [5.41, 5.74) is -0.429. The highest BCUT2D eigenvalue weighted by Crippen LogP contribution is 2.35. The first kappa shape index (κ1) is 30.9. The molecule has 4 aromatic rings. The number of nitrogens with one attached hydrogen (secondary N) is 1. The van der Waals surface area contributed by atoms with Crippen molar-refractivity contribution in [3.05, 3.63) is 77.0 Å². The van der Waals surface area contributed by atoms with Gasteiger partial charge in [0.05, 0.1) is 47.1 Å². The summed E-state index contributed by atoms with van der Waals surface area (Å²) in [4.78, 5) is 34.7. The Labute approximate surface area is 262 Å². The van der Waals surface area contributed by atoms with Gasteiger partial charge in [0.15, 0.2) is 5.82 Å². The maximum absolute atomic E-state index is 14.7. The van der Waals surface area contributed by atoms with Crippen molar-refractivity contribution in [3.63, 3.8) is 0 Å². The number of benzene rings is 1. The van der Waals surface area contributed by atoms with Crippen LogP contribution in [0.2, 0.25) is 5.02 Å². The Hall–Kier alpha value is -4.14. The molecule has 6 rings (SSSR count). The SMILES string of the molecule is CC(c1cnc(N2CCC2[C@@H](C)N2CCC(O)C2)nc1)n1cc(NC(=O)c2cncc(-c3c(C(F)F)ccc(Cl)c3F)n2)cn1. The largest absolute Gasteiger partial charge is 0.392 e. The first-order valence-corrected chi connectivity index (χ1v) is 14.9. The van der Waals surface area contributed by atoms with Gasteiger partial charge in [-0.1, -0.05) is 17.7 Å². The molecule has 15 heteroatoms. The van der Waals surface area contributed by atoms with E-state index in [4.69, 9.17) is 11.6 Å². The Morgan fingerprint density at radius 1 is 1.09 bits per heavy atom. The average Bonchev–Trinajstić information content (AvgIpc) is 3.67. The summed E-state index contributed by atoms with van der Waals surface area (Å²) in [6.45, 7) is 6.56. The molecule has 0 aliphatic carbocycles. The highest BCUT2D eigenvalue weighted by Gasteiger charge is 2.39. The molecular weight excluding hydrogens is 611 g/mol. The van der Waals surface area contributed by atoms with Gasteiger partial charge < -0.3 is 15.3 Å². The number of aliphatic hydroxyl groups excluding tert-OH is 1. The van der Waals surface area contributed by atoms with Gasteiger partial charge in [0.1, 0.15) is 5.69 Å². The van der Waals surface area contributed by atoms with Gasteiger partial charge in [-0.15, -0.1) is 0 Å². The molecule has 0 bridgehead atoms. The smallest absolute Gasteiger partial charge is 0.275 e. The van der Waals surface area contributed by atoms with Crippen LogP contribution >= 0.6 is 11.6 Å². The number of carbonyl (C=O) groups excluding carboxylic acids is 1. The summed E-state index contributed by atoms with van der Waals surface area (Å²) in [5, 5.41) is 16.6. The molecule has 2 saturated heterocycles. The number of halogens is 4. The lowest BCUT2D eigenvalue weighted by atomic mass is 9.95. The number of alkyl halides is 2. The van der Waals surface area contributed by atoms with E-state index in [2.05, 4.69) is 47.1 Å². The fourth-order valence-corrected chi connectivity index (χ4v) is 5.96. The number of nitrogens with zero attached hydrogens (tertiary/aromatic N) is 8. The quantitative estimate of drug-likeness (QED) is 0.266. The number of hydrogen-bond acceptors (Lipinski definition) is 9. The zero-order chi connectivity index (χ0) is 31.8. The number of β-amino-alcohol motifs (C(OH)–C–C–N with tert-alkyl or cyclic N) is 1. The van der Waals surface area contributed by atoms with Crippen LogP contribution in [0.25, 0.3) is 11.3 Å². The van der Waals surface area contributed by atoms with Crippen LogP contribution < -0.4 is 10.2 Å². The molecule has 45 heavy (non-hydrogen) atoms. The number of amides is 1. The Bertz CT molecular complexity index is 1690. The highest BCUT2D eigenvalue weighted by molar-refractivity contribution is 6.31. The van der Waals surface area contributed by atoms with Crippen LogP contribution in [-0.4, -0.2) is 83.5 Å². The molecule has 0 saturated carbocycles. The van der Waals surface area contributed by atoms with Crippen LogP contribution in [0.3, 0.4) is 0 Å². The van der Waals surface area contributed by atoms with E-state index in [9.17, 15) is 23.1 Å². The molecule has 5 heterocycles. The van der Waals surface area contributed by atoms with E-state index in [1.165, 1.54) is 6.20 Å². The topological polar surface area (TPSA) is 125 Å². The zero-order valence-electron chi connectivity index (χ0n) is 24.5. The van der Waals surface area contributed by atoms with E-state index in [0.29, 0.717) is 18.2 Å². The van der Waals surface area contributed by atoms with Crippen molar-refractivity contribution >= 4 is 29.1 Å². The van der Waals surface area contributed by atoms with Crippen LogP contribution in [0, 0.1) is 5.82 Å². The number of aliphatic hydroxyl groups is 1. The molecule has 2 aliphatic rings. The molecule has 3 aromatic heterocycles. The molecule has 2 N–H and O–H groups in total. The number of carbonyl (C=O) groups is 1. The first-order chi connectivity index (χ1) is 21.6. The molecule has 11 nitrogen and oxygen atoms in total. The molecule has 3 unspecified atom stereocenters. The summed E-state index contributed by atoms with van der Waals surface area (Å²) < 4.78 is 43.5. The van der Waals surface area contributed by atoms with Crippen LogP contribution in [0.15, 0.2) is 49.3 Å². The lowest BCUT2D eigenvalue weighted by Gasteiger charge is -2.47. The van der Waals surface area contributed by atoms with E-state index < -0.39 is 29.3 Å². The molecular formula is C30H31ClF3N9O2. The second kappa shape index (κ2) is 12.7. The van der Waals surface area contributed by atoms with E-state index in [1.54, 1.807) is 23.3 Å². The average molecular weight is 642 g/mol. The van der Waals surface area contributed by atoms with E-state index >= 15 is 0 Å². The third-order valence-electron chi connectivity index (χ3n) is 8.53. The van der Waals surface area contributed by atoms with Crippen LogP contribution in [-0.2, 0) is 0 Å². The minimum atomic E-state index is -2.99. The minimum absolute atomic E-state index is 0.212. The van der Waals surface area contributed by atoms with Gasteiger partial charge >= 0.3 is 0 Å². The van der Waals surface area contributed by atoms with E-state index in [0.717, 1.165) is 56.0 Å². The summed E-state index contributed by atoms with van der Waals surface area (Å²) in [6, 6.07) is 2.37. The molecule has 2 aliphatic heterocycles. The predicted molar refractivity (Wildman–Crippen MR) is 161 cm³/mol. The van der Waals surface area contributed by atoms with Gasteiger partial charge in [0, 0.05) is 67.0 Å². The lowest BCUT2D eigenvalue weighted by Crippen LogP contribution is -2.58. The Morgan fingerprint density at radius 3 is 2.53 bits per heavy atom. The summed E-state index contributed by atoms with van der Waals surface area (Å²) >= 11 is 5.82. The molecule has 2 fully saturated rings. The molecule has 1 aromatic carbocycles. The van der Waals surface area contributed by atoms with Gasteiger partial charge in [0.25, 0.3) is 12.3 Å². The van der Waals surface area contributed by atoms with Crippen LogP contribution in [0.4, 0.5) is 24.8 Å². The van der Waals surface area contributed by atoms with Crippen molar-refractivity contribution in [2.75, 3.05) is 29.9 Å². The summed E-state index contributed by atoms with van der Waals surface area (Å²) in [5.74, 6) is -1.11. The van der Waals surface area contributed by atoms with Gasteiger partial charge in [-0.2, -0.15) is 5.10 Å². The number of aromatic nitrogens is 6. The van der Waals surface area contributed by atoms with Crippen molar-refractivity contribution in [1.29, 1.82) is 0 Å². The highest BCUT2D eigenvalue weighted by atomic mass is 35.5. The van der Waals surface area contributed by atoms with Crippen LogP contribution in [0.1, 0.15) is 60.8 Å². The van der Waals surface area contributed by atoms with Crippen molar-refractivity contribution < 1.29 is 23.1 Å². The number of hydrogen-bond donors (Lipinski definition) is 2. The van der Waals surface area contributed by atoms with Crippen molar-refractivity contribution in [2.45, 2.75) is 57.3 Å². The fraction of sp³-hybridized carbons (Fsp3) is 0.400. The van der Waals surface area contributed by atoms with Crippen molar-refractivity contribution in [1.82, 2.24) is 34.6 Å². The molecule has 1 amide bonds. The van der Waals surface area contributed by atoms with Crippen molar-refractivity contribution in [3.8, 4) is 11.3 Å². The van der Waals surface area contributed by atoms with Gasteiger partial charge in [-0.3, -0.25) is 19.4 Å². The van der Waals surface area contributed by atoms with Gasteiger partial charge in [-0.25, -0.2) is 28.1 Å². The van der Waals surface area contributed by atoms with E-state index in [-0.39, 0.29) is 40.6 Å². The predicted octanol–water partition coefficient (Wildman–Crippen LogP) is 4.76. The standard InChI is InChI=1S/C30H31ClF3N9O2/c1-16(18-9-36-30(37-10-18)42-8-6-25(42)17(2)41-7-5-20(44)15-41)43-14-19(11-38-43)39-29(45)24-13-35-12-23(40-24)26-21(28(33)34)3-4-22(31)27(26)32/h3-4,9-14,16-17,20,25,28,44H,5-8,15H2,1-2H3,(H,39,45)/t16?,17-,20?,25?/m1/s1. The first-order valence-electron chi connectivity index (χ1n) is 14.6. The zero-order valence-corrected chi connectivity index (χ0v) is 25.2. The third-order valence-corrected chi connectivity index (χ3v) is 8.82. The second-order valence-corrected chi connectivity index (χ2v) is 11.7. The molecule has 236 valence electrons. The Balaban J connectivity index is 1.11. The Kier molecular flexibility index (Phi) is 8.71. The number of rotatable bonds is 9.